The molecule has 3 N–H and O–H groups in total. The number of carbonyl (C=O) groups is 2. The van der Waals surface area contributed by atoms with Gasteiger partial charge in [-0.25, -0.2) is 4.57 Å². The Morgan fingerprint density at radius 2 is 0.571 bits per heavy atom. The first-order valence-electron chi connectivity index (χ1n) is 40.8. The molecule has 0 aliphatic heterocycles. The standard InChI is InChI=1S/C81H158NO8P/c1-3-5-7-9-11-13-15-17-19-21-23-25-27-29-31-33-35-36-37-38-39-40-41-42-44-46-48-50-52-54-56-58-60-62-64-66-68-70-72-74-81(84)90-79(78-89-91(85,86)88-76-75-82)77-87-80(83)73-71-69-67-65-63-61-59-57-55-53-51-49-47-45-43-34-32-30-28-26-24-22-20-18-16-14-12-10-8-6-4-2/h15,17,21,23,79H,3-14,16,18-20,22,24-78,82H2,1-2H3,(H,85,86)/b17-15-,23-21-. The van der Waals surface area contributed by atoms with Gasteiger partial charge < -0.3 is 20.1 Å². The van der Waals surface area contributed by atoms with Crippen LogP contribution in [-0.2, 0) is 32.7 Å². The largest absolute Gasteiger partial charge is 0.472 e. The minimum absolute atomic E-state index is 0.0578. The zero-order valence-electron chi connectivity index (χ0n) is 61.1. The SMILES string of the molecule is CCCCCCC/C=C\C/C=C\CCCCCCCCCCCCCCCCCCCCCCCCCCCCCC(=O)OC(COC(=O)CCCCCCCCCCCCCCCCCCCCCCCCCCCCCCCCC)COP(=O)(O)OCCN. The number of carbonyl (C=O) groups excluding carboxylic acids is 2. The lowest BCUT2D eigenvalue weighted by molar-refractivity contribution is -0.161. The summed E-state index contributed by atoms with van der Waals surface area (Å²) in [5, 5.41) is 0. The molecule has 0 aliphatic carbocycles. The first kappa shape index (κ1) is 89.5. The van der Waals surface area contributed by atoms with E-state index < -0.39 is 26.5 Å². The van der Waals surface area contributed by atoms with Crippen LogP contribution in [0.4, 0.5) is 0 Å². The fourth-order valence-electron chi connectivity index (χ4n) is 12.8. The molecule has 0 fully saturated rings. The maximum Gasteiger partial charge on any atom is 0.472 e. The lowest BCUT2D eigenvalue weighted by Crippen LogP contribution is -2.29. The number of unbranched alkanes of at least 4 members (excludes halogenated alkanes) is 62. The fourth-order valence-corrected chi connectivity index (χ4v) is 13.6. The molecule has 0 aromatic carbocycles. The molecule has 0 spiro atoms. The van der Waals surface area contributed by atoms with Crippen molar-refractivity contribution in [2.45, 2.75) is 457 Å². The van der Waals surface area contributed by atoms with Crippen molar-refractivity contribution in [3.05, 3.63) is 24.3 Å². The fraction of sp³-hybridized carbons (Fsp3) is 0.926. The Labute approximate surface area is 567 Å². The maximum absolute atomic E-state index is 12.8. The second kappa shape index (κ2) is 77.5. The van der Waals surface area contributed by atoms with E-state index in [0.717, 1.165) is 38.5 Å². The van der Waals surface area contributed by atoms with Gasteiger partial charge >= 0.3 is 19.8 Å². The van der Waals surface area contributed by atoms with Crippen LogP contribution in [0.3, 0.4) is 0 Å². The number of ether oxygens (including phenoxy) is 2. The summed E-state index contributed by atoms with van der Waals surface area (Å²) in [7, 11) is -4.39. The van der Waals surface area contributed by atoms with Gasteiger partial charge in [0.25, 0.3) is 0 Å². The van der Waals surface area contributed by atoms with E-state index in [9.17, 15) is 19.0 Å². The van der Waals surface area contributed by atoms with Gasteiger partial charge in [0.1, 0.15) is 6.61 Å². The molecule has 540 valence electrons. The molecule has 10 heteroatoms. The Hall–Kier alpha value is -1.51. The maximum atomic E-state index is 12.8. The highest BCUT2D eigenvalue weighted by atomic mass is 31.2. The van der Waals surface area contributed by atoms with Crippen LogP contribution < -0.4 is 5.73 Å². The van der Waals surface area contributed by atoms with Crippen LogP contribution in [0.5, 0.6) is 0 Å². The molecule has 0 bridgehead atoms. The molecule has 0 saturated carbocycles. The van der Waals surface area contributed by atoms with Crippen LogP contribution in [0.2, 0.25) is 0 Å². The number of hydrogen-bond acceptors (Lipinski definition) is 8. The van der Waals surface area contributed by atoms with Crippen molar-refractivity contribution in [3.63, 3.8) is 0 Å². The second-order valence-electron chi connectivity index (χ2n) is 28.0. The minimum atomic E-state index is -4.39. The number of phosphoric ester groups is 1. The molecule has 91 heavy (non-hydrogen) atoms. The van der Waals surface area contributed by atoms with E-state index in [1.165, 1.54) is 379 Å². The van der Waals surface area contributed by atoms with Crippen LogP contribution >= 0.6 is 7.82 Å². The van der Waals surface area contributed by atoms with E-state index in [-0.39, 0.29) is 38.6 Å². The molecular formula is C81H158NO8P. The van der Waals surface area contributed by atoms with E-state index in [4.69, 9.17) is 24.3 Å². The summed E-state index contributed by atoms with van der Waals surface area (Å²) in [5.41, 5.74) is 5.42. The summed E-state index contributed by atoms with van der Waals surface area (Å²) in [6.07, 6.45) is 97.7. The number of allylic oxidation sites excluding steroid dienone is 4. The Morgan fingerprint density at radius 3 is 0.835 bits per heavy atom. The minimum Gasteiger partial charge on any atom is -0.462 e. The zero-order valence-corrected chi connectivity index (χ0v) is 62.0. The molecule has 2 atom stereocenters. The summed E-state index contributed by atoms with van der Waals surface area (Å²) in [6, 6.07) is 0. The highest BCUT2D eigenvalue weighted by Crippen LogP contribution is 2.43. The van der Waals surface area contributed by atoms with Crippen molar-refractivity contribution in [3.8, 4) is 0 Å². The smallest absolute Gasteiger partial charge is 0.462 e. The number of hydrogen-bond donors (Lipinski definition) is 2. The zero-order chi connectivity index (χ0) is 65.8. The van der Waals surface area contributed by atoms with Crippen LogP contribution in [0.15, 0.2) is 24.3 Å². The average molecular weight is 1310 g/mol. The van der Waals surface area contributed by atoms with E-state index in [0.29, 0.717) is 6.42 Å². The van der Waals surface area contributed by atoms with Gasteiger partial charge in [-0.3, -0.25) is 18.6 Å². The predicted octanol–water partition coefficient (Wildman–Crippen LogP) is 27.2. The van der Waals surface area contributed by atoms with E-state index >= 15 is 0 Å². The summed E-state index contributed by atoms with van der Waals surface area (Å²) < 4.78 is 33.3. The van der Waals surface area contributed by atoms with Gasteiger partial charge in [0.15, 0.2) is 6.10 Å². The van der Waals surface area contributed by atoms with E-state index in [1.807, 2.05) is 0 Å². The van der Waals surface area contributed by atoms with Gasteiger partial charge in [-0.15, -0.1) is 0 Å². The van der Waals surface area contributed by atoms with Gasteiger partial charge in [-0.05, 0) is 44.9 Å². The van der Waals surface area contributed by atoms with Crippen LogP contribution in [-0.4, -0.2) is 49.3 Å². The topological polar surface area (TPSA) is 134 Å². The Balaban J connectivity index is 3.72. The first-order valence-corrected chi connectivity index (χ1v) is 42.3. The van der Waals surface area contributed by atoms with E-state index in [2.05, 4.69) is 38.2 Å². The van der Waals surface area contributed by atoms with Crippen LogP contribution in [0, 0.1) is 0 Å². The predicted molar refractivity (Wildman–Crippen MR) is 395 cm³/mol. The van der Waals surface area contributed by atoms with Crippen molar-refractivity contribution in [1.29, 1.82) is 0 Å². The lowest BCUT2D eigenvalue weighted by atomic mass is 10.0. The normalized spacial score (nSPS) is 12.9. The molecule has 0 aliphatic rings. The third-order valence-corrected chi connectivity index (χ3v) is 19.8. The molecule has 0 saturated heterocycles. The quantitative estimate of drug-likeness (QED) is 0.0264. The summed E-state index contributed by atoms with van der Waals surface area (Å²) in [5.74, 6) is -0.797. The highest BCUT2D eigenvalue weighted by Gasteiger charge is 2.26. The molecule has 0 rings (SSSR count). The molecule has 0 amide bonds. The van der Waals surface area contributed by atoms with Gasteiger partial charge in [-0.1, -0.05) is 417 Å². The molecule has 0 aromatic rings. The molecular weight excluding hydrogens is 1150 g/mol. The van der Waals surface area contributed by atoms with E-state index in [1.54, 1.807) is 0 Å². The van der Waals surface area contributed by atoms with Crippen molar-refractivity contribution < 1.29 is 37.6 Å². The van der Waals surface area contributed by atoms with Gasteiger partial charge in [0.2, 0.25) is 0 Å². The summed E-state index contributed by atoms with van der Waals surface area (Å²) in [6.45, 7) is 3.83. The monoisotopic (exact) mass is 1300 g/mol. The van der Waals surface area contributed by atoms with Gasteiger partial charge in [-0.2, -0.15) is 0 Å². The number of nitrogens with two attached hydrogens (primary N) is 1. The van der Waals surface area contributed by atoms with Gasteiger partial charge in [0.05, 0.1) is 13.2 Å². The van der Waals surface area contributed by atoms with Crippen molar-refractivity contribution >= 4 is 19.8 Å². The van der Waals surface area contributed by atoms with Crippen LogP contribution in [0.1, 0.15) is 450 Å². The number of rotatable bonds is 79. The molecule has 9 nitrogen and oxygen atoms in total. The van der Waals surface area contributed by atoms with Crippen molar-refractivity contribution in [1.82, 2.24) is 0 Å². The van der Waals surface area contributed by atoms with Gasteiger partial charge in [0, 0.05) is 19.4 Å². The third-order valence-electron chi connectivity index (χ3n) is 18.8. The Kier molecular flexibility index (Phi) is 76.2. The molecule has 0 aromatic heterocycles. The Morgan fingerprint density at radius 1 is 0.330 bits per heavy atom. The highest BCUT2D eigenvalue weighted by molar-refractivity contribution is 7.47. The third kappa shape index (κ3) is 77.4. The van der Waals surface area contributed by atoms with Crippen molar-refractivity contribution in [2.75, 3.05) is 26.4 Å². The molecule has 0 radical (unpaired) electrons. The van der Waals surface area contributed by atoms with Crippen molar-refractivity contribution in [2.24, 2.45) is 5.73 Å². The summed E-state index contributed by atoms with van der Waals surface area (Å²) in [4.78, 5) is 35.5. The number of phosphoric acid groups is 1. The molecule has 2 unspecified atom stereocenters. The Bertz CT molecular complexity index is 1540. The lowest BCUT2D eigenvalue weighted by Gasteiger charge is -2.19. The van der Waals surface area contributed by atoms with Crippen LogP contribution in [0.25, 0.3) is 0 Å². The first-order chi connectivity index (χ1) is 44.8. The summed E-state index contributed by atoms with van der Waals surface area (Å²) >= 11 is 0. The second-order valence-corrected chi connectivity index (χ2v) is 29.5. The molecule has 0 heterocycles. The average Bonchev–Trinajstić information content (AvgIpc) is 3.71. The number of esters is 2.